The lowest BCUT2D eigenvalue weighted by molar-refractivity contribution is -0.130. The molecule has 0 heterocycles. The van der Waals surface area contributed by atoms with E-state index in [-0.39, 0.29) is 23.3 Å². The van der Waals surface area contributed by atoms with Gasteiger partial charge in [-0.3, -0.25) is 14.4 Å². The van der Waals surface area contributed by atoms with E-state index in [0.29, 0.717) is 18.6 Å². The van der Waals surface area contributed by atoms with E-state index < -0.39 is 0 Å². The van der Waals surface area contributed by atoms with Crippen LogP contribution in [0.4, 0.5) is 0 Å². The Balaban J connectivity index is -0.0000000482. The van der Waals surface area contributed by atoms with Crippen LogP contribution in [0.3, 0.4) is 0 Å². The largest absolute Gasteiger partial charge is 0.300 e. The Bertz CT molecular complexity index is 588. The maximum Gasteiger partial charge on any atom is 0.195 e. The van der Waals surface area contributed by atoms with Gasteiger partial charge in [0.05, 0.1) is 0 Å². The number of aldehydes is 1. The fourth-order valence-electron chi connectivity index (χ4n) is 2.38. The maximum absolute atomic E-state index is 11.3. The summed E-state index contributed by atoms with van der Waals surface area (Å²) in [5, 5.41) is 0. The van der Waals surface area contributed by atoms with Crippen LogP contribution in [-0.4, -0.2) is 23.6 Å². The number of carbonyl (C=O) groups excluding carboxylic acids is 4. The number of benzene rings is 1. The molecular weight excluding hydrogens is 532 g/mol. The molecule has 0 saturated heterocycles. The molecule has 1 aromatic carbocycles. The van der Waals surface area contributed by atoms with Crippen LogP contribution in [0, 0.1) is 11.8 Å². The molecule has 0 saturated carbocycles. The van der Waals surface area contributed by atoms with E-state index in [9.17, 15) is 19.2 Å². The topological polar surface area (TPSA) is 68.3 Å². The Hall–Kier alpha value is -2.10. The van der Waals surface area contributed by atoms with Gasteiger partial charge in [-0.2, -0.15) is 0 Å². The van der Waals surface area contributed by atoms with Gasteiger partial charge >= 0.3 is 0 Å². The van der Waals surface area contributed by atoms with E-state index in [4.69, 9.17) is 0 Å². The zero-order valence-electron chi connectivity index (χ0n) is 33.4. The second-order valence-electron chi connectivity index (χ2n) is 8.73. The van der Waals surface area contributed by atoms with Gasteiger partial charge in [0.15, 0.2) is 12.1 Å². The molecule has 1 aromatic rings. The van der Waals surface area contributed by atoms with Gasteiger partial charge in [0.25, 0.3) is 0 Å². The lowest BCUT2D eigenvalue weighted by atomic mass is 9.91. The second kappa shape index (κ2) is 67.5. The summed E-state index contributed by atoms with van der Waals surface area (Å²) in [5.41, 5.74) is 1.15. The first-order chi connectivity index (χ1) is 20.4. The van der Waals surface area contributed by atoms with E-state index in [1.165, 1.54) is 0 Å². The minimum atomic E-state index is -0.306. The zero-order chi connectivity index (χ0) is 36.8. The fourth-order valence-corrected chi connectivity index (χ4v) is 2.38. The van der Waals surface area contributed by atoms with Gasteiger partial charge < -0.3 is 4.79 Å². The third kappa shape index (κ3) is 85.4. The van der Waals surface area contributed by atoms with Gasteiger partial charge in [0.1, 0.15) is 11.6 Å². The number of rotatable bonds is 9. The van der Waals surface area contributed by atoms with Crippen molar-refractivity contribution in [1.29, 1.82) is 0 Å². The van der Waals surface area contributed by atoms with Crippen LogP contribution in [0.15, 0.2) is 30.3 Å². The van der Waals surface area contributed by atoms with Crippen molar-refractivity contribution in [3.63, 3.8) is 0 Å². The van der Waals surface area contributed by atoms with Crippen molar-refractivity contribution in [3.8, 4) is 0 Å². The molecule has 0 N–H and O–H groups in total. The molecule has 0 fully saturated rings. The predicted molar refractivity (Wildman–Crippen MR) is 199 cm³/mol. The molecule has 43 heavy (non-hydrogen) atoms. The standard InChI is InChI=1S/C12H16O.C6H10O2.C5H10O.C4H10.6C2H6/c1-3-7-12(10(2)13)11-8-5-4-6-9-11;1-5(2)3-6(8)4-7;1-3-4-5(2)6;1-4(2)3;6*1-2/h4-6,8-9,12H,3,7H2,1-2H3;4-5H,3H2,1-2H3;3-4H2,1-2H3;4H,1-3H3;6*1-2H3/t12-;;;;;;;;;/m1........./s1. The van der Waals surface area contributed by atoms with Crippen molar-refractivity contribution in [3.05, 3.63) is 35.9 Å². The van der Waals surface area contributed by atoms with Crippen LogP contribution in [0.5, 0.6) is 0 Å². The van der Waals surface area contributed by atoms with Crippen LogP contribution in [0.2, 0.25) is 0 Å². The van der Waals surface area contributed by atoms with Crippen molar-refractivity contribution >= 4 is 23.6 Å². The third-order valence-corrected chi connectivity index (χ3v) is 3.61. The number of hydrogen-bond donors (Lipinski definition) is 0. The molecule has 4 nitrogen and oxygen atoms in total. The molecule has 0 radical (unpaired) electrons. The van der Waals surface area contributed by atoms with Crippen LogP contribution in [-0.2, 0) is 19.2 Å². The van der Waals surface area contributed by atoms with E-state index in [1.807, 2.05) is 134 Å². The molecule has 4 heteroatoms. The Kier molecular flexibility index (Phi) is 100. The van der Waals surface area contributed by atoms with Gasteiger partial charge in [-0.1, -0.05) is 168 Å². The summed E-state index contributed by atoms with van der Waals surface area (Å²) >= 11 is 0. The molecule has 0 bridgehead atoms. The molecule has 262 valence electrons. The van der Waals surface area contributed by atoms with E-state index in [1.54, 1.807) is 13.8 Å². The van der Waals surface area contributed by atoms with Crippen LogP contribution < -0.4 is 0 Å². The minimum absolute atomic E-state index is 0.103. The summed E-state index contributed by atoms with van der Waals surface area (Å²) in [4.78, 5) is 41.3. The molecular formula is C39H82O4. The molecule has 1 atom stereocenters. The van der Waals surface area contributed by atoms with Crippen LogP contribution in [0.1, 0.15) is 189 Å². The van der Waals surface area contributed by atoms with Crippen molar-refractivity contribution < 1.29 is 19.2 Å². The van der Waals surface area contributed by atoms with Crippen LogP contribution in [0.25, 0.3) is 0 Å². The van der Waals surface area contributed by atoms with E-state index >= 15 is 0 Å². The Labute approximate surface area is 273 Å². The molecule has 0 unspecified atom stereocenters. The van der Waals surface area contributed by atoms with E-state index in [2.05, 4.69) is 27.7 Å². The number of carbonyl (C=O) groups is 4. The van der Waals surface area contributed by atoms with Gasteiger partial charge in [0.2, 0.25) is 0 Å². The second-order valence-corrected chi connectivity index (χ2v) is 8.73. The summed E-state index contributed by atoms with van der Waals surface area (Å²) < 4.78 is 0. The van der Waals surface area contributed by atoms with Crippen molar-refractivity contribution in [2.45, 2.75) is 183 Å². The molecule has 0 aliphatic carbocycles. The molecule has 1 rings (SSSR count). The Morgan fingerprint density at radius 3 is 1.16 bits per heavy atom. The van der Waals surface area contributed by atoms with Gasteiger partial charge in [-0.25, -0.2) is 0 Å². The SMILES string of the molecule is CC.CC.CC.CC.CC.CC.CC(C)C.CC(C)CC(=O)C=O.CCCC(C)=O.CCC[C@H](C(C)=O)c1ccccc1. The van der Waals surface area contributed by atoms with Gasteiger partial charge in [-0.05, 0) is 44.1 Å². The monoisotopic (exact) mass is 615 g/mol. The number of Topliss-reactive ketones (excluding diaryl/α,β-unsaturated/α-hetero) is 3. The lowest BCUT2D eigenvalue weighted by Gasteiger charge is -2.12. The zero-order valence-corrected chi connectivity index (χ0v) is 33.4. The third-order valence-electron chi connectivity index (χ3n) is 3.61. The summed E-state index contributed by atoms with van der Waals surface area (Å²) in [7, 11) is 0. The summed E-state index contributed by atoms with van der Waals surface area (Å²) in [5.74, 6) is 1.49. The molecule has 0 aromatic heterocycles. The minimum Gasteiger partial charge on any atom is -0.300 e. The first-order valence-corrected chi connectivity index (χ1v) is 17.4. The first kappa shape index (κ1) is 64.0. The summed E-state index contributed by atoms with van der Waals surface area (Å²) in [6.07, 6.45) is 4.48. The van der Waals surface area contributed by atoms with E-state index in [0.717, 1.165) is 37.2 Å². The number of hydrogen-bond acceptors (Lipinski definition) is 4. The van der Waals surface area contributed by atoms with Crippen LogP contribution >= 0.6 is 0 Å². The highest BCUT2D eigenvalue weighted by molar-refractivity contribution is 6.24. The Morgan fingerprint density at radius 1 is 0.651 bits per heavy atom. The highest BCUT2D eigenvalue weighted by Gasteiger charge is 2.14. The first-order valence-electron chi connectivity index (χ1n) is 17.4. The van der Waals surface area contributed by atoms with Gasteiger partial charge in [0, 0.05) is 18.8 Å². The van der Waals surface area contributed by atoms with Crippen molar-refractivity contribution in [1.82, 2.24) is 0 Å². The average molecular weight is 615 g/mol. The smallest absolute Gasteiger partial charge is 0.195 e. The molecule has 0 aliphatic heterocycles. The number of ketones is 3. The predicted octanol–water partition coefficient (Wildman–Crippen LogP) is 13.2. The maximum atomic E-state index is 11.3. The van der Waals surface area contributed by atoms with Crippen molar-refractivity contribution in [2.24, 2.45) is 11.8 Å². The average Bonchev–Trinajstić information content (AvgIpc) is 3.02. The molecule has 0 aliphatic rings. The summed E-state index contributed by atoms with van der Waals surface area (Å²) in [6, 6.07) is 10.0. The van der Waals surface area contributed by atoms with Crippen molar-refractivity contribution in [2.75, 3.05) is 0 Å². The summed E-state index contributed by atoms with van der Waals surface area (Å²) in [6.45, 7) is 41.7. The fraction of sp³-hybridized carbons (Fsp3) is 0.744. The normalized spacial score (nSPS) is 8.35. The molecule has 0 amide bonds. The highest BCUT2D eigenvalue weighted by Crippen LogP contribution is 2.21. The quantitative estimate of drug-likeness (QED) is 0.205. The lowest BCUT2D eigenvalue weighted by Crippen LogP contribution is -2.08. The highest BCUT2D eigenvalue weighted by atomic mass is 16.2. The molecule has 0 spiro atoms. The van der Waals surface area contributed by atoms with Gasteiger partial charge in [-0.15, -0.1) is 0 Å². The Morgan fingerprint density at radius 2 is 1.00 bits per heavy atom.